The van der Waals surface area contributed by atoms with Gasteiger partial charge in [-0.3, -0.25) is 14.5 Å². The number of rotatable bonds is 13. The van der Waals surface area contributed by atoms with Gasteiger partial charge < -0.3 is 30.1 Å². The van der Waals surface area contributed by atoms with Crippen molar-refractivity contribution in [2.45, 2.75) is 64.1 Å². The fraction of sp³-hybridized carbons (Fsp3) is 0.471. The molecule has 2 aliphatic rings. The summed E-state index contributed by atoms with van der Waals surface area (Å²) in [6, 6.07) is 17.4. The summed E-state index contributed by atoms with van der Waals surface area (Å²) in [7, 11) is 0. The van der Waals surface area contributed by atoms with Gasteiger partial charge >= 0.3 is 0 Å². The molecule has 1 aromatic heterocycles. The van der Waals surface area contributed by atoms with Crippen LogP contribution in [0.4, 0.5) is 11.6 Å². The number of anilines is 2. The third-order valence-electron chi connectivity index (χ3n) is 8.21. The molecule has 11 heteroatoms. The second-order valence-corrected chi connectivity index (χ2v) is 11.7. The molecular weight excluding hydrogens is 572 g/mol. The van der Waals surface area contributed by atoms with E-state index in [1.807, 2.05) is 54.6 Å². The van der Waals surface area contributed by atoms with E-state index in [-0.39, 0.29) is 30.6 Å². The SMILES string of the molecule is CC(=O)NCCCCCC(=O)Nc1ccc([C@@H]2O[C@H](CN3CCN(c4ncccn4)CC3)C[C@H](c3ccc(CO)cc3)O2)cc1. The van der Waals surface area contributed by atoms with Crippen LogP contribution in [0.5, 0.6) is 0 Å². The Morgan fingerprint density at radius 2 is 1.62 bits per heavy atom. The van der Waals surface area contributed by atoms with Gasteiger partial charge in [0.1, 0.15) is 0 Å². The highest BCUT2D eigenvalue weighted by Crippen LogP contribution is 2.38. The van der Waals surface area contributed by atoms with Crippen LogP contribution in [-0.4, -0.2) is 77.2 Å². The Morgan fingerprint density at radius 3 is 2.31 bits per heavy atom. The quantitative estimate of drug-likeness (QED) is 0.244. The van der Waals surface area contributed by atoms with E-state index in [1.165, 1.54) is 6.92 Å². The van der Waals surface area contributed by atoms with Crippen molar-refractivity contribution < 1.29 is 24.2 Å². The number of unbranched alkanes of at least 4 members (excludes halogenated alkanes) is 2. The Kier molecular flexibility index (Phi) is 11.9. The minimum Gasteiger partial charge on any atom is -0.392 e. The second kappa shape index (κ2) is 16.4. The molecule has 240 valence electrons. The van der Waals surface area contributed by atoms with Gasteiger partial charge in [0.05, 0.1) is 18.8 Å². The Morgan fingerprint density at radius 1 is 0.911 bits per heavy atom. The first kappa shape index (κ1) is 32.5. The summed E-state index contributed by atoms with van der Waals surface area (Å²) < 4.78 is 13.1. The van der Waals surface area contributed by atoms with Crippen molar-refractivity contribution >= 4 is 23.5 Å². The third kappa shape index (κ3) is 9.79. The minimum absolute atomic E-state index is 0.00164. The van der Waals surface area contributed by atoms with Crippen molar-refractivity contribution in [1.82, 2.24) is 20.2 Å². The number of carbonyl (C=O) groups excluding carboxylic acids is 2. The van der Waals surface area contributed by atoms with E-state index < -0.39 is 6.29 Å². The van der Waals surface area contributed by atoms with Crippen molar-refractivity contribution in [1.29, 1.82) is 0 Å². The number of nitrogens with zero attached hydrogens (tertiary/aromatic N) is 4. The molecule has 11 nitrogen and oxygen atoms in total. The lowest BCUT2D eigenvalue weighted by atomic mass is 9.99. The maximum Gasteiger partial charge on any atom is 0.225 e. The van der Waals surface area contributed by atoms with Gasteiger partial charge in [-0.25, -0.2) is 9.97 Å². The van der Waals surface area contributed by atoms with Gasteiger partial charge in [-0.15, -0.1) is 0 Å². The predicted octanol–water partition coefficient (Wildman–Crippen LogP) is 3.97. The summed E-state index contributed by atoms with van der Waals surface area (Å²) in [6.45, 7) is 6.42. The van der Waals surface area contributed by atoms with E-state index >= 15 is 0 Å². The van der Waals surface area contributed by atoms with Crippen LogP contribution >= 0.6 is 0 Å². The molecule has 3 N–H and O–H groups in total. The summed E-state index contributed by atoms with van der Waals surface area (Å²) in [5.74, 6) is 0.707. The smallest absolute Gasteiger partial charge is 0.225 e. The molecule has 2 saturated heterocycles. The van der Waals surface area contributed by atoms with Crippen molar-refractivity contribution in [3.8, 4) is 0 Å². The second-order valence-electron chi connectivity index (χ2n) is 11.7. The van der Waals surface area contributed by atoms with E-state index in [9.17, 15) is 14.7 Å². The van der Waals surface area contributed by atoms with Crippen LogP contribution in [0.3, 0.4) is 0 Å². The van der Waals surface area contributed by atoms with Gasteiger partial charge in [0.25, 0.3) is 0 Å². The van der Waals surface area contributed by atoms with Gasteiger partial charge in [0.15, 0.2) is 6.29 Å². The highest BCUT2D eigenvalue weighted by molar-refractivity contribution is 5.90. The van der Waals surface area contributed by atoms with Gasteiger partial charge in [-0.05, 0) is 42.2 Å². The molecule has 0 unspecified atom stereocenters. The molecule has 2 aromatic carbocycles. The molecular formula is C34H44N6O5. The van der Waals surface area contributed by atoms with Crippen molar-refractivity contribution in [2.75, 3.05) is 49.5 Å². The number of carbonyl (C=O) groups is 2. The van der Waals surface area contributed by atoms with Gasteiger partial charge in [0, 0.05) is 82.7 Å². The van der Waals surface area contributed by atoms with Crippen LogP contribution in [0.15, 0.2) is 67.0 Å². The zero-order chi connectivity index (χ0) is 31.4. The highest BCUT2D eigenvalue weighted by atomic mass is 16.7. The number of aliphatic hydroxyl groups is 1. The maximum absolute atomic E-state index is 12.5. The molecule has 0 spiro atoms. The average molecular weight is 617 g/mol. The van der Waals surface area contributed by atoms with E-state index in [2.05, 4.69) is 30.4 Å². The average Bonchev–Trinajstić information content (AvgIpc) is 3.07. The van der Waals surface area contributed by atoms with Crippen LogP contribution in [0.2, 0.25) is 0 Å². The molecule has 45 heavy (non-hydrogen) atoms. The number of nitrogens with one attached hydrogen (secondary N) is 2. The summed E-state index contributed by atoms with van der Waals surface area (Å²) >= 11 is 0. The molecule has 3 atom stereocenters. The van der Waals surface area contributed by atoms with E-state index in [0.717, 1.165) is 86.7 Å². The van der Waals surface area contributed by atoms with Gasteiger partial charge in [-0.2, -0.15) is 0 Å². The van der Waals surface area contributed by atoms with E-state index in [4.69, 9.17) is 9.47 Å². The summed E-state index contributed by atoms with van der Waals surface area (Å²) in [5, 5.41) is 15.3. The van der Waals surface area contributed by atoms with Crippen LogP contribution in [-0.2, 0) is 25.7 Å². The van der Waals surface area contributed by atoms with Gasteiger partial charge in [0.2, 0.25) is 17.8 Å². The number of piperazine rings is 1. The Bertz CT molecular complexity index is 1350. The molecule has 2 fully saturated rings. The fourth-order valence-electron chi connectivity index (χ4n) is 5.70. The third-order valence-corrected chi connectivity index (χ3v) is 8.21. The summed E-state index contributed by atoms with van der Waals surface area (Å²) in [4.78, 5) is 36.9. The first-order valence-corrected chi connectivity index (χ1v) is 15.9. The summed E-state index contributed by atoms with van der Waals surface area (Å²) in [5.41, 5.74) is 3.53. The van der Waals surface area contributed by atoms with Crippen LogP contribution in [0, 0.1) is 0 Å². The van der Waals surface area contributed by atoms with Crippen LogP contribution in [0.1, 0.15) is 68.1 Å². The molecule has 0 bridgehead atoms. The molecule has 3 aromatic rings. The Labute approximate surface area is 265 Å². The Hall–Kier alpha value is -3.90. The topological polar surface area (TPSA) is 129 Å². The minimum atomic E-state index is -0.557. The molecule has 2 amide bonds. The van der Waals surface area contributed by atoms with Crippen LogP contribution < -0.4 is 15.5 Å². The van der Waals surface area contributed by atoms with Crippen molar-refractivity contribution in [3.63, 3.8) is 0 Å². The molecule has 3 heterocycles. The van der Waals surface area contributed by atoms with E-state index in [0.29, 0.717) is 13.0 Å². The van der Waals surface area contributed by atoms with E-state index in [1.54, 1.807) is 12.4 Å². The molecule has 0 saturated carbocycles. The first-order valence-electron chi connectivity index (χ1n) is 15.9. The predicted molar refractivity (Wildman–Crippen MR) is 171 cm³/mol. The largest absolute Gasteiger partial charge is 0.392 e. The number of ether oxygens (including phenoxy) is 2. The Balaban J connectivity index is 1.18. The maximum atomic E-state index is 12.5. The normalized spacial score (nSPS) is 20.5. The van der Waals surface area contributed by atoms with Crippen LogP contribution in [0.25, 0.3) is 0 Å². The number of hydrogen-bond acceptors (Lipinski definition) is 9. The number of hydrogen-bond donors (Lipinski definition) is 3. The standard InChI is InChI=1S/C34H44N6O5/c1-25(42)35-15-4-2-3-6-32(43)38-29-13-11-28(12-14-29)33-44-30(22-31(45-33)27-9-7-26(24-41)8-10-27)23-39-18-20-40(21-19-39)34-36-16-5-17-37-34/h5,7-14,16-17,30-31,33,41H,2-4,6,15,18-24H2,1H3,(H,35,42)(H,38,43)/t30-,31+,33+/m0/s1. The number of aliphatic hydroxyl groups excluding tert-OH is 1. The van der Waals surface area contributed by atoms with Gasteiger partial charge in [-0.1, -0.05) is 42.8 Å². The lowest BCUT2D eigenvalue weighted by Crippen LogP contribution is -2.50. The number of aromatic nitrogens is 2. The lowest BCUT2D eigenvalue weighted by molar-refractivity contribution is -0.253. The number of amides is 2. The van der Waals surface area contributed by atoms with Crippen molar-refractivity contribution in [3.05, 3.63) is 83.7 Å². The number of benzene rings is 2. The highest BCUT2D eigenvalue weighted by Gasteiger charge is 2.34. The molecule has 5 rings (SSSR count). The molecule has 2 aliphatic heterocycles. The summed E-state index contributed by atoms with van der Waals surface area (Å²) in [6.07, 6.45) is 6.44. The lowest BCUT2D eigenvalue weighted by Gasteiger charge is -2.40. The van der Waals surface area contributed by atoms with Crippen molar-refractivity contribution in [2.24, 2.45) is 0 Å². The molecule has 0 radical (unpaired) electrons. The fourth-order valence-corrected chi connectivity index (χ4v) is 5.70. The molecule has 0 aliphatic carbocycles. The first-order chi connectivity index (χ1) is 22.0. The monoisotopic (exact) mass is 616 g/mol. The zero-order valence-electron chi connectivity index (χ0n) is 25.9. The zero-order valence-corrected chi connectivity index (χ0v) is 25.9.